The molecular weight excluding hydrogens is 269 g/mol. The minimum Gasteiger partial charge on any atom is -0.481 e. The highest BCUT2D eigenvalue weighted by molar-refractivity contribution is 6.03. The summed E-state index contributed by atoms with van der Waals surface area (Å²) in [6, 6.07) is 3.27. The molecule has 1 aliphatic rings. The van der Waals surface area contributed by atoms with E-state index in [4.69, 9.17) is 5.11 Å². The molecule has 2 atom stereocenters. The van der Waals surface area contributed by atoms with Gasteiger partial charge < -0.3 is 15.2 Å². The highest BCUT2D eigenvalue weighted by Crippen LogP contribution is 2.39. The first-order valence-corrected chi connectivity index (χ1v) is 5.85. The number of nitrogens with one attached hydrogen (secondary N) is 1. The third-order valence-corrected chi connectivity index (χ3v) is 3.09. The summed E-state index contributed by atoms with van der Waals surface area (Å²) in [5.74, 6) is -4.28. The molecule has 0 aliphatic heterocycles. The van der Waals surface area contributed by atoms with Gasteiger partial charge in [-0.05, 0) is 24.6 Å². The van der Waals surface area contributed by atoms with E-state index in [0.717, 1.165) is 19.2 Å². The first kappa shape index (κ1) is 14.0. The van der Waals surface area contributed by atoms with Crippen molar-refractivity contribution in [1.82, 2.24) is 0 Å². The van der Waals surface area contributed by atoms with Gasteiger partial charge in [0.25, 0.3) is 0 Å². The van der Waals surface area contributed by atoms with Crippen LogP contribution in [0.15, 0.2) is 18.2 Å². The third kappa shape index (κ3) is 2.76. The molecular formula is C13H12FNO5. The Balaban J connectivity index is 2.15. The standard InChI is InChI=1S/C13H12FNO5/c1-20-13(19)9-4-6(14)2-3-10(9)15-11(16)7-5-8(7)12(17)18/h2-4,7-8H,5H2,1H3,(H,15,16)(H,17,18)/t7-,8+/m1/s1. The molecule has 106 valence electrons. The number of esters is 1. The molecule has 1 aromatic carbocycles. The fourth-order valence-electron chi connectivity index (χ4n) is 1.89. The van der Waals surface area contributed by atoms with Gasteiger partial charge in [0.15, 0.2) is 0 Å². The highest BCUT2D eigenvalue weighted by Gasteiger charge is 2.48. The molecule has 0 heterocycles. The van der Waals surface area contributed by atoms with Crippen LogP contribution in [0.25, 0.3) is 0 Å². The van der Waals surface area contributed by atoms with Crippen LogP contribution in [0, 0.1) is 17.7 Å². The number of hydrogen-bond acceptors (Lipinski definition) is 4. The Bertz CT molecular complexity index is 586. The van der Waals surface area contributed by atoms with Crippen molar-refractivity contribution in [3.8, 4) is 0 Å². The van der Waals surface area contributed by atoms with Crippen molar-refractivity contribution in [2.45, 2.75) is 6.42 Å². The molecule has 0 saturated heterocycles. The van der Waals surface area contributed by atoms with E-state index >= 15 is 0 Å². The van der Waals surface area contributed by atoms with Crippen molar-refractivity contribution in [3.63, 3.8) is 0 Å². The van der Waals surface area contributed by atoms with Crippen molar-refractivity contribution >= 4 is 23.5 Å². The smallest absolute Gasteiger partial charge is 0.340 e. The van der Waals surface area contributed by atoms with Crippen LogP contribution in [0.3, 0.4) is 0 Å². The fourth-order valence-corrected chi connectivity index (χ4v) is 1.89. The predicted molar refractivity (Wildman–Crippen MR) is 65.6 cm³/mol. The molecule has 1 aliphatic carbocycles. The van der Waals surface area contributed by atoms with Crippen molar-refractivity contribution in [2.24, 2.45) is 11.8 Å². The lowest BCUT2D eigenvalue weighted by Gasteiger charge is -2.09. The maximum atomic E-state index is 13.1. The third-order valence-electron chi connectivity index (χ3n) is 3.09. The van der Waals surface area contributed by atoms with E-state index in [2.05, 4.69) is 10.1 Å². The number of hydrogen-bond donors (Lipinski definition) is 2. The first-order valence-electron chi connectivity index (χ1n) is 5.85. The molecule has 1 amide bonds. The molecule has 1 fully saturated rings. The van der Waals surface area contributed by atoms with E-state index in [1.54, 1.807) is 0 Å². The van der Waals surface area contributed by atoms with Crippen molar-refractivity contribution in [1.29, 1.82) is 0 Å². The van der Waals surface area contributed by atoms with E-state index in [9.17, 15) is 18.8 Å². The number of anilines is 1. The van der Waals surface area contributed by atoms with Gasteiger partial charge in [0.1, 0.15) is 5.82 Å². The maximum Gasteiger partial charge on any atom is 0.340 e. The van der Waals surface area contributed by atoms with E-state index in [1.165, 1.54) is 6.07 Å². The Labute approximate surface area is 113 Å². The fraction of sp³-hybridized carbons (Fsp3) is 0.308. The van der Waals surface area contributed by atoms with Gasteiger partial charge in [-0.2, -0.15) is 0 Å². The molecule has 1 aromatic rings. The van der Waals surface area contributed by atoms with Crippen molar-refractivity contribution in [2.75, 3.05) is 12.4 Å². The number of halogens is 1. The minimum absolute atomic E-state index is 0.0966. The van der Waals surface area contributed by atoms with Gasteiger partial charge in [-0.1, -0.05) is 0 Å². The Morgan fingerprint density at radius 2 is 2.05 bits per heavy atom. The highest BCUT2D eigenvalue weighted by atomic mass is 19.1. The number of rotatable bonds is 4. The van der Waals surface area contributed by atoms with E-state index in [0.29, 0.717) is 0 Å². The predicted octanol–water partition coefficient (Wildman–Crippen LogP) is 1.27. The van der Waals surface area contributed by atoms with E-state index in [1.807, 2.05) is 0 Å². The van der Waals surface area contributed by atoms with Crippen molar-refractivity contribution < 1.29 is 28.6 Å². The summed E-state index contributed by atoms with van der Waals surface area (Å²) in [6.07, 6.45) is 0.260. The largest absolute Gasteiger partial charge is 0.481 e. The second kappa shape index (κ2) is 5.28. The number of ether oxygens (including phenoxy) is 1. The van der Waals surface area contributed by atoms with E-state index in [-0.39, 0.29) is 17.7 Å². The summed E-state index contributed by atoms with van der Waals surface area (Å²) in [4.78, 5) is 34.0. The van der Waals surface area contributed by atoms with Gasteiger partial charge in [-0.3, -0.25) is 9.59 Å². The number of amides is 1. The average molecular weight is 281 g/mol. The summed E-state index contributed by atoms with van der Waals surface area (Å²) in [5, 5.41) is 11.2. The lowest BCUT2D eigenvalue weighted by Crippen LogP contribution is -2.19. The van der Waals surface area contributed by atoms with Gasteiger partial charge in [0.05, 0.1) is 30.2 Å². The Morgan fingerprint density at radius 3 is 2.60 bits per heavy atom. The normalized spacial score (nSPS) is 20.1. The molecule has 2 rings (SSSR count). The number of carbonyl (C=O) groups excluding carboxylic acids is 2. The minimum atomic E-state index is -1.03. The molecule has 0 unspecified atom stereocenters. The van der Waals surface area contributed by atoms with Gasteiger partial charge in [0.2, 0.25) is 5.91 Å². The van der Waals surface area contributed by atoms with Gasteiger partial charge in [0, 0.05) is 0 Å². The average Bonchev–Trinajstić information content (AvgIpc) is 3.20. The molecule has 1 saturated carbocycles. The molecule has 20 heavy (non-hydrogen) atoms. The molecule has 7 heteroatoms. The second-order valence-corrected chi connectivity index (χ2v) is 4.46. The van der Waals surface area contributed by atoms with Crippen LogP contribution in [0.5, 0.6) is 0 Å². The van der Waals surface area contributed by atoms with Crippen LogP contribution < -0.4 is 5.32 Å². The van der Waals surface area contributed by atoms with Crippen LogP contribution in [0.2, 0.25) is 0 Å². The Hall–Kier alpha value is -2.44. The molecule has 2 N–H and O–H groups in total. The number of carboxylic acids is 1. The van der Waals surface area contributed by atoms with Gasteiger partial charge in [-0.25, -0.2) is 9.18 Å². The summed E-state index contributed by atoms with van der Waals surface area (Å²) >= 11 is 0. The lowest BCUT2D eigenvalue weighted by atomic mass is 10.1. The SMILES string of the molecule is COC(=O)c1cc(F)ccc1NC(=O)[C@@H]1C[C@@H]1C(=O)O. The maximum absolute atomic E-state index is 13.1. The van der Waals surface area contributed by atoms with Crippen LogP contribution in [0.1, 0.15) is 16.8 Å². The zero-order valence-electron chi connectivity index (χ0n) is 10.6. The quantitative estimate of drug-likeness (QED) is 0.811. The van der Waals surface area contributed by atoms with Crippen LogP contribution in [-0.4, -0.2) is 30.1 Å². The van der Waals surface area contributed by atoms with Gasteiger partial charge in [-0.15, -0.1) is 0 Å². The number of aliphatic carboxylic acids is 1. The van der Waals surface area contributed by atoms with Crippen LogP contribution >= 0.6 is 0 Å². The van der Waals surface area contributed by atoms with Crippen molar-refractivity contribution in [3.05, 3.63) is 29.6 Å². The molecule has 0 radical (unpaired) electrons. The Morgan fingerprint density at radius 1 is 1.35 bits per heavy atom. The first-order chi connectivity index (χ1) is 9.43. The summed E-state index contributed by atoms with van der Waals surface area (Å²) in [5.41, 5.74) is -0.0207. The number of methoxy groups -OCH3 is 1. The van der Waals surface area contributed by atoms with Crippen LogP contribution in [-0.2, 0) is 14.3 Å². The van der Waals surface area contributed by atoms with Crippen LogP contribution in [0.4, 0.5) is 10.1 Å². The number of carboxylic acid groups (broad SMARTS) is 1. The topological polar surface area (TPSA) is 92.7 Å². The van der Waals surface area contributed by atoms with E-state index < -0.39 is 35.5 Å². The second-order valence-electron chi connectivity index (χ2n) is 4.46. The summed E-state index contributed by atoms with van der Waals surface area (Å²) in [7, 11) is 1.14. The zero-order chi connectivity index (χ0) is 14.9. The monoisotopic (exact) mass is 281 g/mol. The zero-order valence-corrected chi connectivity index (χ0v) is 10.6. The molecule has 6 nitrogen and oxygen atoms in total. The molecule has 0 bridgehead atoms. The van der Waals surface area contributed by atoms with Gasteiger partial charge >= 0.3 is 11.9 Å². The number of benzene rings is 1. The molecule has 0 aromatic heterocycles. The summed E-state index contributed by atoms with van der Waals surface area (Å²) < 4.78 is 17.6. The Kier molecular flexibility index (Phi) is 3.69. The number of carbonyl (C=O) groups is 3. The lowest BCUT2D eigenvalue weighted by molar-refractivity contribution is -0.139. The summed E-state index contributed by atoms with van der Waals surface area (Å²) in [6.45, 7) is 0. The molecule has 0 spiro atoms.